The van der Waals surface area contributed by atoms with Gasteiger partial charge < -0.3 is 14.6 Å². The molecule has 0 aliphatic carbocycles. The Morgan fingerprint density at radius 2 is 1.81 bits per heavy atom. The van der Waals surface area contributed by atoms with Gasteiger partial charge in [0.2, 0.25) is 11.8 Å². The lowest BCUT2D eigenvalue weighted by atomic mass is 10.1. The lowest BCUT2D eigenvalue weighted by Crippen LogP contribution is -2.35. The first-order valence-corrected chi connectivity index (χ1v) is 9.39. The van der Waals surface area contributed by atoms with E-state index in [2.05, 4.69) is 24.1 Å². The van der Waals surface area contributed by atoms with Crippen LogP contribution in [0.4, 0.5) is 0 Å². The fourth-order valence-electron chi connectivity index (χ4n) is 2.62. The fraction of sp³-hybridized carbons (Fsp3) is 0.476. The van der Waals surface area contributed by atoms with Gasteiger partial charge >= 0.3 is 0 Å². The maximum atomic E-state index is 12.7. The maximum Gasteiger partial charge on any atom is 0.273 e. The molecule has 0 saturated heterocycles. The molecule has 1 N–H and O–H groups in total. The zero-order valence-electron chi connectivity index (χ0n) is 16.6. The molecule has 0 aliphatic rings. The first-order chi connectivity index (χ1) is 12.8. The van der Waals surface area contributed by atoms with E-state index in [9.17, 15) is 9.59 Å². The van der Waals surface area contributed by atoms with E-state index in [0.717, 1.165) is 5.56 Å². The average Bonchev–Trinajstić information content (AvgIpc) is 3.08. The predicted octanol–water partition coefficient (Wildman–Crippen LogP) is 3.29. The van der Waals surface area contributed by atoms with Gasteiger partial charge in [-0.1, -0.05) is 58.0 Å². The van der Waals surface area contributed by atoms with Gasteiger partial charge in [0.25, 0.3) is 5.91 Å². The van der Waals surface area contributed by atoms with Crippen LogP contribution in [-0.2, 0) is 17.8 Å². The van der Waals surface area contributed by atoms with E-state index in [1.54, 1.807) is 4.90 Å². The van der Waals surface area contributed by atoms with Gasteiger partial charge in [-0.3, -0.25) is 9.59 Å². The number of benzene rings is 1. The Balaban J connectivity index is 2.03. The van der Waals surface area contributed by atoms with Gasteiger partial charge in [0.05, 0.1) is 13.0 Å². The molecule has 0 atom stereocenters. The van der Waals surface area contributed by atoms with Gasteiger partial charge in [0, 0.05) is 13.1 Å². The van der Waals surface area contributed by atoms with E-state index in [-0.39, 0.29) is 24.1 Å². The van der Waals surface area contributed by atoms with Crippen molar-refractivity contribution in [3.8, 4) is 0 Å². The van der Waals surface area contributed by atoms with Crippen molar-refractivity contribution in [1.82, 2.24) is 15.2 Å². The van der Waals surface area contributed by atoms with Gasteiger partial charge in [-0.2, -0.15) is 0 Å². The number of hydrogen-bond acceptors (Lipinski definition) is 4. The Hall–Kier alpha value is -2.63. The molecule has 6 heteroatoms. The van der Waals surface area contributed by atoms with Crippen molar-refractivity contribution in [3.63, 3.8) is 0 Å². The molecule has 146 valence electrons. The monoisotopic (exact) mass is 371 g/mol. The Morgan fingerprint density at radius 3 is 2.44 bits per heavy atom. The Bertz CT molecular complexity index is 738. The molecule has 0 saturated carbocycles. The smallest absolute Gasteiger partial charge is 0.273 e. The number of aromatic nitrogens is 1. The van der Waals surface area contributed by atoms with Crippen molar-refractivity contribution >= 4 is 11.8 Å². The lowest BCUT2D eigenvalue weighted by Gasteiger charge is -2.23. The van der Waals surface area contributed by atoms with Crippen LogP contribution in [0.1, 0.15) is 49.6 Å². The van der Waals surface area contributed by atoms with E-state index in [1.807, 2.05) is 44.2 Å². The van der Waals surface area contributed by atoms with Crippen LogP contribution in [0.2, 0.25) is 0 Å². The summed E-state index contributed by atoms with van der Waals surface area (Å²) in [6.07, 6.45) is 1.68. The maximum absolute atomic E-state index is 12.7. The normalized spacial score (nSPS) is 11.0. The Morgan fingerprint density at radius 1 is 1.11 bits per heavy atom. The summed E-state index contributed by atoms with van der Waals surface area (Å²) >= 11 is 0. The number of oxazole rings is 1. The summed E-state index contributed by atoms with van der Waals surface area (Å²) < 4.78 is 5.44. The second kappa shape index (κ2) is 9.90. The van der Waals surface area contributed by atoms with E-state index in [1.165, 1.54) is 6.26 Å². The summed E-state index contributed by atoms with van der Waals surface area (Å²) in [6.45, 7) is 9.60. The van der Waals surface area contributed by atoms with Crippen LogP contribution >= 0.6 is 0 Å². The summed E-state index contributed by atoms with van der Waals surface area (Å²) in [5.41, 5.74) is 1.21. The average molecular weight is 371 g/mol. The third-order valence-electron chi connectivity index (χ3n) is 3.92. The zero-order valence-corrected chi connectivity index (χ0v) is 16.6. The number of hydrogen-bond donors (Lipinski definition) is 1. The van der Waals surface area contributed by atoms with Crippen molar-refractivity contribution in [3.05, 3.63) is 53.7 Å². The topological polar surface area (TPSA) is 75.4 Å². The first-order valence-electron chi connectivity index (χ1n) is 9.39. The van der Waals surface area contributed by atoms with E-state index in [0.29, 0.717) is 37.2 Å². The molecule has 1 aromatic carbocycles. The van der Waals surface area contributed by atoms with Gasteiger partial charge in [-0.05, 0) is 17.4 Å². The quantitative estimate of drug-likeness (QED) is 0.734. The number of rotatable bonds is 9. The van der Waals surface area contributed by atoms with Crippen molar-refractivity contribution in [1.29, 1.82) is 0 Å². The minimum Gasteiger partial charge on any atom is -0.446 e. The number of carbonyl (C=O) groups excluding carboxylic acids is 2. The van der Waals surface area contributed by atoms with Crippen LogP contribution in [0, 0.1) is 11.8 Å². The van der Waals surface area contributed by atoms with Crippen molar-refractivity contribution < 1.29 is 14.0 Å². The van der Waals surface area contributed by atoms with Crippen LogP contribution in [0.25, 0.3) is 0 Å². The van der Waals surface area contributed by atoms with Gasteiger partial charge in [-0.15, -0.1) is 0 Å². The molecule has 2 aromatic rings. The highest BCUT2D eigenvalue weighted by molar-refractivity contribution is 5.91. The second-order valence-corrected chi connectivity index (χ2v) is 7.56. The molecular formula is C21H29N3O3. The molecule has 2 rings (SSSR count). The zero-order chi connectivity index (χ0) is 19.8. The highest BCUT2D eigenvalue weighted by Crippen LogP contribution is 2.11. The van der Waals surface area contributed by atoms with Crippen LogP contribution in [0.3, 0.4) is 0 Å². The highest BCUT2D eigenvalue weighted by atomic mass is 16.3. The molecule has 1 aromatic heterocycles. The Labute approximate surface area is 161 Å². The SMILES string of the molecule is CC(C)CNC(=O)c1coc(CN(CC(C)C)C(=O)Cc2ccccc2)n1. The van der Waals surface area contributed by atoms with E-state index < -0.39 is 0 Å². The number of nitrogens with zero attached hydrogens (tertiary/aromatic N) is 2. The number of carbonyl (C=O) groups is 2. The molecule has 0 bridgehead atoms. The lowest BCUT2D eigenvalue weighted by molar-refractivity contribution is -0.132. The minimum absolute atomic E-state index is 0.0129. The molecule has 2 amide bonds. The first kappa shape index (κ1) is 20.7. The molecule has 0 spiro atoms. The third kappa shape index (κ3) is 6.89. The fourth-order valence-corrected chi connectivity index (χ4v) is 2.62. The van der Waals surface area contributed by atoms with Crippen LogP contribution in [-0.4, -0.2) is 34.8 Å². The van der Waals surface area contributed by atoms with Crippen LogP contribution < -0.4 is 5.32 Å². The summed E-state index contributed by atoms with van der Waals surface area (Å²) in [5.74, 6) is 0.793. The summed E-state index contributed by atoms with van der Waals surface area (Å²) in [7, 11) is 0. The summed E-state index contributed by atoms with van der Waals surface area (Å²) in [4.78, 5) is 30.8. The van der Waals surface area contributed by atoms with Crippen LogP contribution in [0.15, 0.2) is 41.0 Å². The Kier molecular flexibility index (Phi) is 7.58. The second-order valence-electron chi connectivity index (χ2n) is 7.56. The highest BCUT2D eigenvalue weighted by Gasteiger charge is 2.20. The van der Waals surface area contributed by atoms with Crippen molar-refractivity contribution in [2.24, 2.45) is 11.8 Å². The molecule has 0 unspecified atom stereocenters. The largest absolute Gasteiger partial charge is 0.446 e. The molecule has 1 heterocycles. The number of nitrogens with one attached hydrogen (secondary N) is 1. The standard InChI is InChI=1S/C21H29N3O3/c1-15(2)11-22-21(26)18-14-27-19(23-18)13-24(12-16(3)4)20(25)10-17-8-6-5-7-9-17/h5-9,14-16H,10-13H2,1-4H3,(H,22,26). The molecule has 0 radical (unpaired) electrons. The summed E-state index contributed by atoms with van der Waals surface area (Å²) in [6, 6.07) is 9.65. The van der Waals surface area contributed by atoms with E-state index >= 15 is 0 Å². The third-order valence-corrected chi connectivity index (χ3v) is 3.92. The van der Waals surface area contributed by atoms with Crippen LogP contribution in [0.5, 0.6) is 0 Å². The van der Waals surface area contributed by atoms with Gasteiger partial charge in [0.1, 0.15) is 6.26 Å². The summed E-state index contributed by atoms with van der Waals surface area (Å²) in [5, 5.41) is 2.81. The van der Waals surface area contributed by atoms with E-state index in [4.69, 9.17) is 4.42 Å². The minimum atomic E-state index is -0.260. The number of amides is 2. The molecule has 0 aliphatic heterocycles. The predicted molar refractivity (Wildman–Crippen MR) is 104 cm³/mol. The molecule has 27 heavy (non-hydrogen) atoms. The molecule has 0 fully saturated rings. The molecular weight excluding hydrogens is 342 g/mol. The van der Waals surface area contributed by atoms with Crippen molar-refractivity contribution in [2.45, 2.75) is 40.7 Å². The van der Waals surface area contributed by atoms with Gasteiger partial charge in [0.15, 0.2) is 5.69 Å². The molecule has 6 nitrogen and oxygen atoms in total. The van der Waals surface area contributed by atoms with Crippen molar-refractivity contribution in [2.75, 3.05) is 13.1 Å². The van der Waals surface area contributed by atoms with Gasteiger partial charge in [-0.25, -0.2) is 4.98 Å².